The molecule has 5 nitrogen and oxygen atoms in total. The predicted molar refractivity (Wildman–Crippen MR) is 89.6 cm³/mol. The number of nitrogens with two attached hydrogens (primary N) is 1. The van der Waals surface area contributed by atoms with E-state index in [1.54, 1.807) is 0 Å². The van der Waals surface area contributed by atoms with Crippen LogP contribution in [0.3, 0.4) is 0 Å². The van der Waals surface area contributed by atoms with E-state index in [1.165, 1.54) is 12.8 Å². The quantitative estimate of drug-likeness (QED) is 0.810. The summed E-state index contributed by atoms with van der Waals surface area (Å²) in [5.41, 5.74) is 7.33. The van der Waals surface area contributed by atoms with Crippen LogP contribution in [0.2, 0.25) is 0 Å². The highest BCUT2D eigenvalue weighted by atomic mass is 16.2. The van der Waals surface area contributed by atoms with E-state index in [-0.39, 0.29) is 17.7 Å². The Bertz CT molecular complexity index is 566. The zero-order chi connectivity index (χ0) is 16.2. The third-order valence-electron chi connectivity index (χ3n) is 4.74. The summed E-state index contributed by atoms with van der Waals surface area (Å²) < 4.78 is 0. The monoisotopic (exact) mass is 315 g/mol. The van der Waals surface area contributed by atoms with Gasteiger partial charge in [0, 0.05) is 25.3 Å². The van der Waals surface area contributed by atoms with Gasteiger partial charge >= 0.3 is 0 Å². The number of likely N-dealkylation sites (tertiary alicyclic amines) is 1. The molecule has 1 aliphatic heterocycles. The third kappa shape index (κ3) is 4.47. The van der Waals surface area contributed by atoms with E-state index >= 15 is 0 Å². The van der Waals surface area contributed by atoms with Gasteiger partial charge in [-0.2, -0.15) is 0 Å². The number of benzene rings is 1. The van der Waals surface area contributed by atoms with Crippen molar-refractivity contribution in [2.24, 2.45) is 11.8 Å². The van der Waals surface area contributed by atoms with Gasteiger partial charge in [0.2, 0.25) is 11.8 Å². The molecule has 1 saturated carbocycles. The van der Waals surface area contributed by atoms with Crippen molar-refractivity contribution in [1.29, 1.82) is 0 Å². The number of hydrogen-bond donors (Lipinski definition) is 2. The Kier molecular flexibility index (Phi) is 4.84. The van der Waals surface area contributed by atoms with Gasteiger partial charge in [-0.1, -0.05) is 12.1 Å². The molecular weight excluding hydrogens is 290 g/mol. The molecule has 5 heteroatoms. The number of nitrogens with zero attached hydrogens (tertiary/aromatic N) is 1. The largest absolute Gasteiger partial charge is 0.399 e. The molecule has 3 rings (SSSR count). The molecule has 1 aromatic rings. The summed E-state index contributed by atoms with van der Waals surface area (Å²) in [6, 6.07) is 7.40. The highest BCUT2D eigenvalue weighted by Gasteiger charge is 2.29. The van der Waals surface area contributed by atoms with Gasteiger partial charge in [0.15, 0.2) is 0 Å². The van der Waals surface area contributed by atoms with Gasteiger partial charge in [0.25, 0.3) is 0 Å². The van der Waals surface area contributed by atoms with E-state index in [2.05, 4.69) is 5.32 Å². The third-order valence-corrected chi connectivity index (χ3v) is 4.74. The zero-order valence-corrected chi connectivity index (χ0v) is 13.5. The molecule has 2 amide bonds. The lowest BCUT2D eigenvalue weighted by Gasteiger charge is -2.32. The molecule has 1 heterocycles. The average molecular weight is 315 g/mol. The van der Waals surface area contributed by atoms with Gasteiger partial charge in [-0.15, -0.1) is 0 Å². The van der Waals surface area contributed by atoms with Crippen molar-refractivity contribution in [1.82, 2.24) is 10.2 Å². The molecule has 2 fully saturated rings. The Labute approximate surface area is 137 Å². The molecule has 0 bridgehead atoms. The first-order valence-corrected chi connectivity index (χ1v) is 8.51. The fraction of sp³-hybridized carbons (Fsp3) is 0.556. The molecule has 1 aliphatic carbocycles. The molecule has 1 atom stereocenters. The predicted octanol–water partition coefficient (Wildman–Crippen LogP) is 1.58. The number of nitrogen functional groups attached to an aromatic ring is 1. The van der Waals surface area contributed by atoms with Gasteiger partial charge in [-0.05, 0) is 49.3 Å². The second-order valence-electron chi connectivity index (χ2n) is 6.79. The van der Waals surface area contributed by atoms with Crippen molar-refractivity contribution in [2.45, 2.75) is 32.1 Å². The van der Waals surface area contributed by atoms with Gasteiger partial charge in [0.05, 0.1) is 12.3 Å². The van der Waals surface area contributed by atoms with Crippen molar-refractivity contribution in [3.63, 3.8) is 0 Å². The van der Waals surface area contributed by atoms with E-state index < -0.39 is 0 Å². The van der Waals surface area contributed by atoms with Crippen LogP contribution in [0, 0.1) is 11.8 Å². The Balaban J connectivity index is 1.51. The second-order valence-corrected chi connectivity index (χ2v) is 6.79. The van der Waals surface area contributed by atoms with E-state index in [4.69, 9.17) is 5.73 Å². The molecule has 2 aliphatic rings. The van der Waals surface area contributed by atoms with Crippen molar-refractivity contribution in [3.8, 4) is 0 Å². The number of amides is 2. The van der Waals surface area contributed by atoms with Gasteiger partial charge in [-0.3, -0.25) is 9.59 Å². The van der Waals surface area contributed by atoms with Gasteiger partial charge in [-0.25, -0.2) is 0 Å². The number of nitrogens with one attached hydrogen (secondary N) is 1. The van der Waals surface area contributed by atoms with E-state index in [0.717, 1.165) is 31.5 Å². The molecule has 1 aromatic carbocycles. The van der Waals surface area contributed by atoms with Crippen molar-refractivity contribution >= 4 is 17.5 Å². The van der Waals surface area contributed by atoms with Crippen LogP contribution in [-0.4, -0.2) is 36.3 Å². The standard InChI is InChI=1S/C18H25N3O2/c19-16-7-5-13(6-8-16)10-17(22)21-9-1-2-15(12-21)18(23)20-11-14-3-4-14/h5-8,14-15H,1-4,9-12,19H2,(H,20,23). The minimum atomic E-state index is -0.0575. The summed E-state index contributed by atoms with van der Waals surface area (Å²) in [6.45, 7) is 2.10. The van der Waals surface area contributed by atoms with Crippen LogP contribution in [0.25, 0.3) is 0 Å². The SMILES string of the molecule is Nc1ccc(CC(=O)N2CCCC(C(=O)NCC3CC3)C2)cc1. The summed E-state index contributed by atoms with van der Waals surface area (Å²) in [5.74, 6) is 0.833. The lowest BCUT2D eigenvalue weighted by Crippen LogP contribution is -2.46. The minimum Gasteiger partial charge on any atom is -0.399 e. The van der Waals surface area contributed by atoms with Gasteiger partial charge in [0.1, 0.15) is 0 Å². The Hall–Kier alpha value is -2.04. The van der Waals surface area contributed by atoms with Crippen LogP contribution in [0.5, 0.6) is 0 Å². The van der Waals surface area contributed by atoms with Crippen LogP contribution < -0.4 is 11.1 Å². The highest BCUT2D eigenvalue weighted by molar-refractivity contribution is 5.82. The molecule has 124 valence electrons. The van der Waals surface area contributed by atoms with Crippen LogP contribution in [0.15, 0.2) is 24.3 Å². The van der Waals surface area contributed by atoms with Gasteiger partial charge < -0.3 is 16.0 Å². The smallest absolute Gasteiger partial charge is 0.227 e. The Morgan fingerprint density at radius 2 is 1.91 bits per heavy atom. The maximum absolute atomic E-state index is 12.5. The summed E-state index contributed by atoms with van der Waals surface area (Å²) in [5, 5.41) is 3.04. The first kappa shape index (κ1) is 15.8. The fourth-order valence-electron chi connectivity index (χ4n) is 3.05. The van der Waals surface area contributed by atoms with E-state index in [0.29, 0.717) is 24.6 Å². The van der Waals surface area contributed by atoms with Crippen LogP contribution in [0.4, 0.5) is 5.69 Å². The highest BCUT2D eigenvalue weighted by Crippen LogP contribution is 2.28. The van der Waals surface area contributed by atoms with Crippen LogP contribution in [-0.2, 0) is 16.0 Å². The first-order valence-electron chi connectivity index (χ1n) is 8.51. The Morgan fingerprint density at radius 1 is 1.17 bits per heavy atom. The summed E-state index contributed by atoms with van der Waals surface area (Å²) >= 11 is 0. The fourth-order valence-corrected chi connectivity index (χ4v) is 3.05. The number of hydrogen-bond acceptors (Lipinski definition) is 3. The average Bonchev–Trinajstić information content (AvgIpc) is 3.39. The number of anilines is 1. The normalized spacial score (nSPS) is 21.0. The second kappa shape index (κ2) is 7.02. The molecule has 0 aromatic heterocycles. The van der Waals surface area contributed by atoms with E-state index in [9.17, 15) is 9.59 Å². The number of rotatable bonds is 5. The van der Waals surface area contributed by atoms with Crippen LogP contribution >= 0.6 is 0 Å². The summed E-state index contributed by atoms with van der Waals surface area (Å²) in [4.78, 5) is 26.5. The summed E-state index contributed by atoms with van der Waals surface area (Å²) in [6.07, 6.45) is 4.61. The molecule has 0 radical (unpaired) electrons. The van der Waals surface area contributed by atoms with Crippen molar-refractivity contribution < 1.29 is 9.59 Å². The molecule has 0 spiro atoms. The minimum absolute atomic E-state index is 0.0575. The number of piperidine rings is 1. The molecular formula is C18H25N3O2. The maximum atomic E-state index is 12.5. The number of carbonyl (C=O) groups excluding carboxylic acids is 2. The first-order chi connectivity index (χ1) is 11.1. The molecule has 23 heavy (non-hydrogen) atoms. The summed E-state index contributed by atoms with van der Waals surface area (Å²) in [7, 11) is 0. The van der Waals surface area contributed by atoms with Crippen molar-refractivity contribution in [2.75, 3.05) is 25.4 Å². The molecule has 1 unspecified atom stereocenters. The lowest BCUT2D eigenvalue weighted by atomic mass is 9.96. The van der Waals surface area contributed by atoms with Crippen LogP contribution in [0.1, 0.15) is 31.2 Å². The van der Waals surface area contributed by atoms with E-state index in [1.807, 2.05) is 29.2 Å². The van der Waals surface area contributed by atoms with Crippen molar-refractivity contribution in [3.05, 3.63) is 29.8 Å². The zero-order valence-electron chi connectivity index (χ0n) is 13.5. The topological polar surface area (TPSA) is 75.4 Å². The molecule has 3 N–H and O–H groups in total. The Morgan fingerprint density at radius 3 is 2.61 bits per heavy atom. The maximum Gasteiger partial charge on any atom is 0.227 e. The lowest BCUT2D eigenvalue weighted by molar-refractivity contribution is -0.135. The molecule has 1 saturated heterocycles. The number of carbonyl (C=O) groups is 2.